The van der Waals surface area contributed by atoms with Crippen LogP contribution in [0.25, 0.3) is 0 Å². The highest BCUT2D eigenvalue weighted by Gasteiger charge is 2.39. The van der Waals surface area contributed by atoms with E-state index in [0.717, 1.165) is 0 Å². The van der Waals surface area contributed by atoms with E-state index in [4.69, 9.17) is 0 Å². The molecule has 1 atom stereocenters. The molecule has 0 N–H and O–H groups in total. The van der Waals surface area contributed by atoms with Crippen molar-refractivity contribution < 1.29 is 20.9 Å². The first-order valence-electron chi connectivity index (χ1n) is 1.60. The first-order chi connectivity index (χ1) is 4.19. The Balaban J connectivity index is 5.18. The highest BCUT2D eigenvalue weighted by molar-refractivity contribution is 8.96. The number of alkyl halides is 3. The summed E-state index contributed by atoms with van der Waals surface area (Å²) < 4.78 is 57.3. The Kier molecular flexibility index (Phi) is 3.40. The molecule has 64 valence electrons. The minimum absolute atomic E-state index is 2.70. The normalized spacial score (nSPS) is 19.1. The van der Waals surface area contributed by atoms with Crippen molar-refractivity contribution in [2.24, 2.45) is 0 Å². The van der Waals surface area contributed by atoms with Crippen LogP contribution in [-0.2, 0) is 27.6 Å². The fourth-order valence-corrected chi connectivity index (χ4v) is 0.643. The summed E-state index contributed by atoms with van der Waals surface area (Å²) >= 11 is 6.29. The molecule has 0 aliphatic heterocycles. The smallest absolute Gasteiger partial charge is 0.159 e. The maximum absolute atomic E-state index is 11.5. The zero-order chi connectivity index (χ0) is 8.58. The van der Waals surface area contributed by atoms with Gasteiger partial charge in [0.1, 0.15) is 0 Å². The van der Waals surface area contributed by atoms with Crippen molar-refractivity contribution in [2.75, 3.05) is 0 Å². The zero-order valence-electron chi connectivity index (χ0n) is 4.06. The van der Waals surface area contributed by atoms with E-state index in [0.29, 0.717) is 0 Å². The molecule has 0 fully saturated rings. The highest BCUT2D eigenvalue weighted by atomic mass is 33.5. The molecule has 0 aliphatic rings. The standard InChI is InChI=1S/CHF5S4/c2-1(3,4)10(7,8)9(5)6/h(H,7,8). The molecule has 0 aromatic rings. The van der Waals surface area contributed by atoms with Crippen LogP contribution in [0.1, 0.15) is 0 Å². The SMILES string of the molecule is FS(F)=S(=S)(S)C(F)(F)F. The lowest BCUT2D eigenvalue weighted by Gasteiger charge is -2.08. The highest BCUT2D eigenvalue weighted by Crippen LogP contribution is 2.31. The summed E-state index contributed by atoms with van der Waals surface area (Å²) in [5, 5.41) is 0. The van der Waals surface area contributed by atoms with E-state index in [9.17, 15) is 20.9 Å². The Morgan fingerprint density at radius 1 is 1.30 bits per heavy atom. The third-order valence-electron chi connectivity index (χ3n) is 0.463. The molecule has 9 heteroatoms. The van der Waals surface area contributed by atoms with E-state index in [2.05, 4.69) is 22.8 Å². The second-order valence-electron chi connectivity index (χ2n) is 1.11. The summed E-state index contributed by atoms with van der Waals surface area (Å²) in [7, 11) is -3.86. The van der Waals surface area contributed by atoms with Gasteiger partial charge in [-0.1, -0.05) is 11.7 Å². The van der Waals surface area contributed by atoms with Crippen LogP contribution in [0.15, 0.2) is 0 Å². The van der Waals surface area contributed by atoms with Crippen LogP contribution in [-0.4, -0.2) is 5.51 Å². The van der Waals surface area contributed by atoms with Crippen LogP contribution in [0, 0.1) is 0 Å². The Labute approximate surface area is 65.9 Å². The van der Waals surface area contributed by atoms with E-state index >= 15 is 0 Å². The molecule has 0 aromatic heterocycles. The van der Waals surface area contributed by atoms with Crippen molar-refractivity contribution in [1.29, 1.82) is 0 Å². The summed E-state index contributed by atoms with van der Waals surface area (Å²) in [4.78, 5) is 0. The van der Waals surface area contributed by atoms with Gasteiger partial charge in [0.15, 0.2) is 0 Å². The molecule has 1 unspecified atom stereocenters. The van der Waals surface area contributed by atoms with Crippen molar-refractivity contribution >= 4 is 39.3 Å². The molecule has 0 saturated heterocycles. The summed E-state index contributed by atoms with van der Waals surface area (Å²) in [5.41, 5.74) is -5.06. The molecule has 0 amide bonds. The molecule has 0 bridgehead atoms. The monoisotopic (exact) mass is 236 g/mol. The predicted molar refractivity (Wildman–Crippen MR) is 39.4 cm³/mol. The Hall–Kier alpha value is 0.920. The number of thiol groups is 1. The van der Waals surface area contributed by atoms with E-state index < -0.39 is 21.9 Å². The van der Waals surface area contributed by atoms with Gasteiger partial charge < -0.3 is 0 Å². The third-order valence-corrected chi connectivity index (χ3v) is 6.11. The van der Waals surface area contributed by atoms with Gasteiger partial charge in [0.2, 0.25) is 10.2 Å². The summed E-state index contributed by atoms with van der Waals surface area (Å²) in [6, 6.07) is 0. The van der Waals surface area contributed by atoms with Crippen LogP contribution in [0.2, 0.25) is 0 Å². The zero-order valence-corrected chi connectivity index (χ0v) is 7.41. The van der Waals surface area contributed by atoms with Crippen LogP contribution in [0.4, 0.5) is 20.9 Å². The second kappa shape index (κ2) is 3.11. The largest absolute Gasteiger partial charge is 0.458 e. The number of rotatable bonds is 0. The Morgan fingerprint density at radius 2 is 1.60 bits per heavy atom. The third kappa shape index (κ3) is 2.21. The molecule has 0 nitrogen and oxygen atoms in total. The predicted octanol–water partition coefficient (Wildman–Crippen LogP) is 2.27. The lowest BCUT2D eigenvalue weighted by atomic mass is 11.6. The van der Waals surface area contributed by atoms with Crippen molar-refractivity contribution in [1.82, 2.24) is 0 Å². The second-order valence-corrected chi connectivity index (χ2v) is 10.4. The maximum atomic E-state index is 11.5. The quantitative estimate of drug-likeness (QED) is 0.291. The van der Waals surface area contributed by atoms with Gasteiger partial charge in [-0.3, -0.25) is 0 Å². The van der Waals surface area contributed by atoms with Gasteiger partial charge >= 0.3 is 5.51 Å². The van der Waals surface area contributed by atoms with Crippen molar-refractivity contribution in [2.45, 2.75) is 5.51 Å². The molecular weight excluding hydrogens is 235 g/mol. The lowest BCUT2D eigenvalue weighted by Crippen LogP contribution is -2.17. The number of hydrogen-bond acceptors (Lipinski definition) is 1. The molecule has 0 saturated carbocycles. The van der Waals surface area contributed by atoms with Gasteiger partial charge in [-0.15, -0.1) is 7.77 Å². The molecule has 10 heavy (non-hydrogen) atoms. The average Bonchev–Trinajstić information content (AvgIpc) is 1.62. The molecule has 0 aromatic carbocycles. The van der Waals surface area contributed by atoms with E-state index in [-0.39, 0.29) is 0 Å². The van der Waals surface area contributed by atoms with Crippen LogP contribution >= 0.6 is 11.7 Å². The molecular formula is CHF5S4. The van der Waals surface area contributed by atoms with Gasteiger partial charge in [-0.2, -0.15) is 13.2 Å². The maximum Gasteiger partial charge on any atom is 0.458 e. The lowest BCUT2D eigenvalue weighted by molar-refractivity contribution is -0.0332. The molecule has 0 radical (unpaired) electrons. The van der Waals surface area contributed by atoms with Crippen LogP contribution < -0.4 is 0 Å². The van der Waals surface area contributed by atoms with E-state index in [1.807, 2.05) is 0 Å². The first-order valence-corrected chi connectivity index (χ1v) is 6.75. The van der Waals surface area contributed by atoms with Crippen molar-refractivity contribution in [3.05, 3.63) is 0 Å². The molecule has 0 spiro atoms. The van der Waals surface area contributed by atoms with Crippen LogP contribution in [0.5, 0.6) is 0 Å². The average molecular weight is 236 g/mol. The minimum atomic E-state index is -5.06. The summed E-state index contributed by atoms with van der Waals surface area (Å²) in [6.07, 6.45) is -4.44. The van der Waals surface area contributed by atoms with Gasteiger partial charge in [0.05, 0.1) is 6.18 Å². The summed E-state index contributed by atoms with van der Waals surface area (Å²) in [5.74, 6) is 0. The molecule has 0 aliphatic carbocycles. The molecule has 0 rings (SSSR count). The van der Waals surface area contributed by atoms with Crippen molar-refractivity contribution in [3.8, 4) is 0 Å². The van der Waals surface area contributed by atoms with Gasteiger partial charge in [-0.25, -0.2) is 0 Å². The van der Waals surface area contributed by atoms with Gasteiger partial charge in [-0.05, 0) is 11.2 Å². The van der Waals surface area contributed by atoms with Crippen LogP contribution in [0.3, 0.4) is 0 Å². The Morgan fingerprint density at radius 3 is 1.60 bits per heavy atom. The van der Waals surface area contributed by atoms with Crippen molar-refractivity contribution in [3.63, 3.8) is 0 Å². The van der Waals surface area contributed by atoms with Gasteiger partial charge in [0, 0.05) is 0 Å². The number of halogens is 5. The molecule has 0 heterocycles. The topological polar surface area (TPSA) is 0 Å². The fourth-order valence-electron chi connectivity index (χ4n) is 0.0714. The number of hydrogen-bond donors (Lipinski definition) is 1. The van der Waals surface area contributed by atoms with E-state index in [1.165, 1.54) is 0 Å². The van der Waals surface area contributed by atoms with Gasteiger partial charge in [0.25, 0.3) is 0 Å². The van der Waals surface area contributed by atoms with E-state index in [1.54, 1.807) is 0 Å². The summed E-state index contributed by atoms with van der Waals surface area (Å²) in [6.45, 7) is 0. The first kappa shape index (κ1) is 10.9. The Bertz CT molecular complexity index is 225. The fraction of sp³-hybridized carbons (Fsp3) is 1.00. The minimum Gasteiger partial charge on any atom is -0.159 e.